The third-order valence-corrected chi connectivity index (χ3v) is 2.41. The van der Waals surface area contributed by atoms with Gasteiger partial charge in [-0.15, -0.1) is 0 Å². The highest BCUT2D eigenvalue weighted by atomic mass is 32.1. The van der Waals surface area contributed by atoms with E-state index >= 15 is 0 Å². The molecule has 0 fully saturated rings. The Hall–Kier alpha value is -1.22. The number of thiophene rings is 1. The first-order valence-corrected chi connectivity index (χ1v) is 4.34. The highest BCUT2D eigenvalue weighted by molar-refractivity contribution is 7.08. The average molecular weight is 179 g/mol. The fourth-order valence-electron chi connectivity index (χ4n) is 0.820. The molecule has 3 heteroatoms. The van der Waals surface area contributed by atoms with E-state index < -0.39 is 0 Å². The molecule has 12 heavy (non-hydrogen) atoms. The Morgan fingerprint density at radius 1 is 1.58 bits per heavy atom. The van der Waals surface area contributed by atoms with E-state index in [4.69, 9.17) is 0 Å². The van der Waals surface area contributed by atoms with Crippen molar-refractivity contribution in [3.8, 4) is 0 Å². The van der Waals surface area contributed by atoms with Crippen molar-refractivity contribution in [3.05, 3.63) is 34.2 Å². The molecule has 1 heterocycles. The summed E-state index contributed by atoms with van der Waals surface area (Å²) in [6.45, 7) is 8.64. The summed E-state index contributed by atoms with van der Waals surface area (Å²) in [4.78, 5) is 14.9. The van der Waals surface area contributed by atoms with Gasteiger partial charge in [0.1, 0.15) is 5.70 Å². The summed E-state index contributed by atoms with van der Waals surface area (Å²) in [5.74, 6) is -0.135. The minimum Gasteiger partial charge on any atom is -0.287 e. The van der Waals surface area contributed by atoms with Crippen molar-refractivity contribution in [2.45, 2.75) is 6.92 Å². The summed E-state index contributed by atoms with van der Waals surface area (Å²) in [6, 6.07) is 0. The van der Waals surface area contributed by atoms with Crippen molar-refractivity contribution in [1.29, 1.82) is 0 Å². The normalized spacial score (nSPS) is 9.42. The number of carbonyl (C=O) groups excluding carboxylic acids is 1. The minimum absolute atomic E-state index is 0.135. The number of hydrogen-bond acceptors (Lipinski definition) is 3. The van der Waals surface area contributed by atoms with Crippen molar-refractivity contribution < 1.29 is 4.79 Å². The van der Waals surface area contributed by atoms with Gasteiger partial charge in [-0.3, -0.25) is 9.79 Å². The Balaban J connectivity index is 3.00. The molecule has 0 aliphatic carbocycles. The first-order chi connectivity index (χ1) is 5.66. The summed E-state index contributed by atoms with van der Waals surface area (Å²) < 4.78 is 0. The maximum atomic E-state index is 11.4. The maximum absolute atomic E-state index is 11.4. The molecule has 0 aromatic carbocycles. The third-order valence-electron chi connectivity index (χ3n) is 1.55. The number of carbonyl (C=O) groups is 1. The number of aryl methyl sites for hydroxylation is 1. The molecule has 0 radical (unpaired) electrons. The molecule has 0 atom stereocenters. The van der Waals surface area contributed by atoms with Crippen molar-refractivity contribution in [3.63, 3.8) is 0 Å². The van der Waals surface area contributed by atoms with Gasteiger partial charge in [0, 0.05) is 10.9 Å². The predicted molar refractivity (Wildman–Crippen MR) is 52.1 cm³/mol. The van der Waals surface area contributed by atoms with Gasteiger partial charge in [-0.25, -0.2) is 0 Å². The van der Waals surface area contributed by atoms with Crippen LogP contribution in [-0.4, -0.2) is 12.5 Å². The van der Waals surface area contributed by atoms with Crippen LogP contribution in [0.1, 0.15) is 15.9 Å². The van der Waals surface area contributed by atoms with E-state index in [1.54, 1.807) is 5.38 Å². The van der Waals surface area contributed by atoms with Gasteiger partial charge >= 0.3 is 0 Å². The Kier molecular flexibility index (Phi) is 2.55. The predicted octanol–water partition coefficient (Wildman–Crippen LogP) is 2.45. The Bertz CT molecular complexity index is 338. The summed E-state index contributed by atoms with van der Waals surface area (Å²) >= 11 is 1.50. The van der Waals surface area contributed by atoms with Gasteiger partial charge in [0.15, 0.2) is 0 Å². The lowest BCUT2D eigenvalue weighted by Gasteiger charge is -1.96. The van der Waals surface area contributed by atoms with E-state index in [2.05, 4.69) is 18.3 Å². The molecule has 2 nitrogen and oxygen atoms in total. The van der Waals surface area contributed by atoms with E-state index in [9.17, 15) is 4.79 Å². The molecule has 0 unspecified atom stereocenters. The monoisotopic (exact) mass is 179 g/mol. The van der Waals surface area contributed by atoms with Crippen LogP contribution in [0.5, 0.6) is 0 Å². The van der Waals surface area contributed by atoms with Crippen LogP contribution < -0.4 is 0 Å². The largest absolute Gasteiger partial charge is 0.287 e. The van der Waals surface area contributed by atoms with E-state index in [0.717, 1.165) is 5.56 Å². The second-order valence-electron chi connectivity index (χ2n) is 2.40. The van der Waals surface area contributed by atoms with Crippen LogP contribution in [0.15, 0.2) is 28.0 Å². The molecule has 1 aromatic heterocycles. The van der Waals surface area contributed by atoms with Crippen LogP contribution in [0.2, 0.25) is 0 Å². The van der Waals surface area contributed by atoms with Crippen molar-refractivity contribution in [2.75, 3.05) is 0 Å². The number of ketones is 1. The van der Waals surface area contributed by atoms with Crippen LogP contribution in [0.3, 0.4) is 0 Å². The highest BCUT2D eigenvalue weighted by Gasteiger charge is 2.11. The molecule has 0 spiro atoms. The molecule has 0 N–H and O–H groups in total. The van der Waals surface area contributed by atoms with E-state index in [0.29, 0.717) is 5.56 Å². The topological polar surface area (TPSA) is 29.4 Å². The lowest BCUT2D eigenvalue weighted by Crippen LogP contribution is -1.99. The van der Waals surface area contributed by atoms with Crippen molar-refractivity contribution in [1.82, 2.24) is 0 Å². The number of hydrogen-bond donors (Lipinski definition) is 0. The van der Waals surface area contributed by atoms with Crippen molar-refractivity contribution in [2.24, 2.45) is 4.99 Å². The Labute approximate surface area is 75.3 Å². The highest BCUT2D eigenvalue weighted by Crippen LogP contribution is 2.17. The van der Waals surface area contributed by atoms with Gasteiger partial charge < -0.3 is 0 Å². The molecular formula is C9H9NOS. The third kappa shape index (κ3) is 1.51. The summed E-state index contributed by atoms with van der Waals surface area (Å²) in [5, 5.41) is 3.72. The fraction of sp³-hybridized carbons (Fsp3) is 0.111. The number of nitrogens with zero attached hydrogens (tertiary/aromatic N) is 1. The van der Waals surface area contributed by atoms with Gasteiger partial charge in [0.2, 0.25) is 5.78 Å². The molecule has 1 rings (SSSR count). The van der Waals surface area contributed by atoms with Crippen LogP contribution in [-0.2, 0) is 0 Å². The SMILES string of the molecule is C=NC(=C)C(=O)c1cscc1C. The fourth-order valence-corrected chi connectivity index (χ4v) is 1.65. The molecule has 0 saturated heterocycles. The second-order valence-corrected chi connectivity index (χ2v) is 3.15. The summed E-state index contributed by atoms with van der Waals surface area (Å²) in [5.41, 5.74) is 1.85. The Morgan fingerprint density at radius 3 is 2.67 bits per heavy atom. The van der Waals surface area contributed by atoms with Gasteiger partial charge in [0.25, 0.3) is 0 Å². The average Bonchev–Trinajstić information content (AvgIpc) is 2.48. The molecule has 0 aliphatic rings. The van der Waals surface area contributed by atoms with Crippen LogP contribution in [0.4, 0.5) is 0 Å². The van der Waals surface area contributed by atoms with Gasteiger partial charge in [-0.1, -0.05) is 6.58 Å². The molecule has 0 saturated carbocycles. The summed E-state index contributed by atoms with van der Waals surface area (Å²) in [6.07, 6.45) is 0. The molecule has 0 aliphatic heterocycles. The first-order valence-electron chi connectivity index (χ1n) is 3.40. The first kappa shape index (κ1) is 8.87. The summed E-state index contributed by atoms with van der Waals surface area (Å²) in [7, 11) is 0. The number of allylic oxidation sites excluding steroid dienone is 1. The van der Waals surface area contributed by atoms with Crippen LogP contribution in [0.25, 0.3) is 0 Å². The number of rotatable bonds is 3. The zero-order chi connectivity index (χ0) is 9.14. The quantitative estimate of drug-likeness (QED) is 0.398. The molecular weight excluding hydrogens is 170 g/mol. The number of Topliss-reactive ketones (excluding diaryl/α,β-unsaturated/α-hetero) is 1. The molecule has 0 amide bonds. The standard InChI is InChI=1S/C9H9NOS/c1-6-4-12-5-8(6)9(11)7(2)10-3/h4-5H,2-3H2,1H3. The van der Waals surface area contributed by atoms with E-state index in [1.807, 2.05) is 12.3 Å². The maximum Gasteiger partial charge on any atom is 0.211 e. The zero-order valence-electron chi connectivity index (χ0n) is 6.83. The number of aliphatic imine (C=N–C) groups is 1. The van der Waals surface area contributed by atoms with E-state index in [-0.39, 0.29) is 11.5 Å². The Morgan fingerprint density at radius 2 is 2.25 bits per heavy atom. The van der Waals surface area contributed by atoms with E-state index in [1.165, 1.54) is 11.3 Å². The van der Waals surface area contributed by atoms with Crippen LogP contribution >= 0.6 is 11.3 Å². The molecule has 62 valence electrons. The van der Waals surface area contributed by atoms with Gasteiger partial charge in [0.05, 0.1) is 0 Å². The smallest absolute Gasteiger partial charge is 0.211 e. The van der Waals surface area contributed by atoms with Gasteiger partial charge in [-0.2, -0.15) is 11.3 Å². The zero-order valence-corrected chi connectivity index (χ0v) is 7.65. The van der Waals surface area contributed by atoms with Crippen LogP contribution in [0, 0.1) is 6.92 Å². The second kappa shape index (κ2) is 3.45. The lowest BCUT2D eigenvalue weighted by molar-refractivity contribution is 0.103. The lowest BCUT2D eigenvalue weighted by atomic mass is 10.1. The minimum atomic E-state index is -0.135. The van der Waals surface area contributed by atoms with Gasteiger partial charge in [-0.05, 0) is 24.6 Å². The molecule has 0 bridgehead atoms. The van der Waals surface area contributed by atoms with Crippen molar-refractivity contribution >= 4 is 23.8 Å². The molecule has 1 aromatic rings.